The monoisotopic (exact) mass is 446 g/mol. The maximum absolute atomic E-state index is 13.2. The molecule has 4 rings (SSSR count). The molecule has 1 amide bonds. The van der Waals surface area contributed by atoms with Gasteiger partial charge in [0.25, 0.3) is 11.9 Å². The van der Waals surface area contributed by atoms with Crippen LogP contribution in [0.1, 0.15) is 35.0 Å². The minimum Gasteiger partial charge on any atom is -0.341 e. The van der Waals surface area contributed by atoms with E-state index in [9.17, 15) is 22.4 Å². The summed E-state index contributed by atoms with van der Waals surface area (Å²) >= 11 is 0. The van der Waals surface area contributed by atoms with Crippen LogP contribution in [0.5, 0.6) is 0 Å². The van der Waals surface area contributed by atoms with Crippen LogP contribution in [0.3, 0.4) is 0 Å². The molecule has 32 heavy (non-hydrogen) atoms. The number of carbonyl (C=O) groups is 1. The van der Waals surface area contributed by atoms with Gasteiger partial charge in [0.2, 0.25) is 0 Å². The molecule has 0 aliphatic carbocycles. The van der Waals surface area contributed by atoms with Crippen molar-refractivity contribution < 1.29 is 22.4 Å². The average molecular weight is 446 g/mol. The molecule has 0 saturated carbocycles. The van der Waals surface area contributed by atoms with Crippen molar-refractivity contribution >= 4 is 5.91 Å². The van der Waals surface area contributed by atoms with Gasteiger partial charge in [-0.2, -0.15) is 28.1 Å². The fourth-order valence-corrected chi connectivity index (χ4v) is 2.90. The first-order chi connectivity index (χ1) is 15.2. The van der Waals surface area contributed by atoms with Crippen LogP contribution in [0.25, 0.3) is 11.6 Å². The molecule has 0 fully saturated rings. The number of amides is 1. The van der Waals surface area contributed by atoms with E-state index in [1.54, 1.807) is 13.0 Å². The van der Waals surface area contributed by atoms with E-state index in [-0.39, 0.29) is 17.5 Å². The third-order valence-corrected chi connectivity index (χ3v) is 4.35. The number of halogens is 4. The van der Waals surface area contributed by atoms with E-state index in [2.05, 4.69) is 30.5 Å². The summed E-state index contributed by atoms with van der Waals surface area (Å²) in [4.78, 5) is 25.1. The summed E-state index contributed by atoms with van der Waals surface area (Å²) < 4.78 is 55.1. The number of hydrogen-bond donors (Lipinski definition) is 1. The normalized spacial score (nSPS) is 12.5. The highest BCUT2D eigenvalue weighted by atomic mass is 19.4. The van der Waals surface area contributed by atoms with Crippen LogP contribution in [0, 0.1) is 5.82 Å². The van der Waals surface area contributed by atoms with Crippen molar-refractivity contribution in [2.24, 2.45) is 0 Å². The van der Waals surface area contributed by atoms with Crippen molar-refractivity contribution in [1.29, 1.82) is 0 Å². The maximum atomic E-state index is 13.2. The van der Waals surface area contributed by atoms with Crippen molar-refractivity contribution in [2.75, 3.05) is 0 Å². The Labute approximate surface area is 177 Å². The van der Waals surface area contributed by atoms with E-state index in [0.29, 0.717) is 6.07 Å². The van der Waals surface area contributed by atoms with E-state index in [4.69, 9.17) is 0 Å². The van der Waals surface area contributed by atoms with Crippen molar-refractivity contribution in [1.82, 2.24) is 39.8 Å². The number of carbonyl (C=O) groups excluding carboxylic acids is 1. The minimum absolute atomic E-state index is 0.0838. The Bertz CT molecular complexity index is 1230. The first-order valence-corrected chi connectivity index (χ1v) is 9.15. The quantitative estimate of drug-likeness (QED) is 0.473. The predicted molar refractivity (Wildman–Crippen MR) is 101 cm³/mol. The molecule has 0 aliphatic rings. The summed E-state index contributed by atoms with van der Waals surface area (Å²) in [6.45, 7) is 1.57. The Hall–Kier alpha value is -4.16. The number of nitrogens with zero attached hydrogens (tertiary/aromatic N) is 7. The smallest absolute Gasteiger partial charge is 0.341 e. The average Bonchev–Trinajstić information content (AvgIpc) is 3.42. The van der Waals surface area contributed by atoms with Gasteiger partial charge in [-0.25, -0.2) is 24.0 Å². The molecule has 0 saturated heterocycles. The number of benzene rings is 1. The fourth-order valence-electron chi connectivity index (χ4n) is 2.90. The van der Waals surface area contributed by atoms with E-state index in [1.165, 1.54) is 35.5 Å². The summed E-state index contributed by atoms with van der Waals surface area (Å²) in [5.41, 5.74) is -1.57. The van der Waals surface area contributed by atoms with Crippen LogP contribution >= 0.6 is 0 Å². The second-order valence-electron chi connectivity index (χ2n) is 6.57. The topological polar surface area (TPSA) is 103 Å². The van der Waals surface area contributed by atoms with Gasteiger partial charge in [-0.3, -0.25) is 4.79 Å². The standard InChI is InChI=1S/C19H14F4N8O/c1-11(16-26-10-27-31(16)18-24-7-2-8-25-18)28-17(32)14-9-15(19(21,22)23)29-30(14)13-5-3-12(20)4-6-13/h2-11H,1H3,(H,28,32). The third-order valence-electron chi connectivity index (χ3n) is 4.35. The molecular weight excluding hydrogens is 432 g/mol. The molecule has 3 heterocycles. The lowest BCUT2D eigenvalue weighted by Crippen LogP contribution is -2.30. The highest BCUT2D eigenvalue weighted by Crippen LogP contribution is 2.30. The van der Waals surface area contributed by atoms with Crippen LogP contribution in [0.2, 0.25) is 0 Å². The molecule has 1 N–H and O–H groups in total. The van der Waals surface area contributed by atoms with Gasteiger partial charge < -0.3 is 5.32 Å². The second-order valence-corrected chi connectivity index (χ2v) is 6.57. The third kappa shape index (κ3) is 4.17. The maximum Gasteiger partial charge on any atom is 0.435 e. The first kappa shape index (κ1) is 21.1. The molecule has 0 aliphatic heterocycles. The summed E-state index contributed by atoms with van der Waals surface area (Å²) in [6, 6.07) is 5.99. The van der Waals surface area contributed by atoms with Gasteiger partial charge in [-0.15, -0.1) is 0 Å². The van der Waals surface area contributed by atoms with Crippen molar-refractivity contribution in [3.05, 3.63) is 78.1 Å². The molecule has 9 nitrogen and oxygen atoms in total. The zero-order valence-electron chi connectivity index (χ0n) is 16.3. The van der Waals surface area contributed by atoms with Crippen molar-refractivity contribution in [3.63, 3.8) is 0 Å². The largest absolute Gasteiger partial charge is 0.435 e. The molecule has 0 radical (unpaired) electrons. The number of hydrogen-bond acceptors (Lipinski definition) is 6. The lowest BCUT2D eigenvalue weighted by Gasteiger charge is -2.14. The van der Waals surface area contributed by atoms with Gasteiger partial charge >= 0.3 is 6.18 Å². The Morgan fingerprint density at radius 1 is 1.06 bits per heavy atom. The van der Waals surface area contributed by atoms with E-state index < -0.39 is 35.3 Å². The summed E-state index contributed by atoms with van der Waals surface area (Å²) in [5, 5.41) is 10.1. The van der Waals surface area contributed by atoms with Crippen LogP contribution in [-0.4, -0.2) is 40.4 Å². The van der Waals surface area contributed by atoms with Gasteiger partial charge in [0, 0.05) is 18.5 Å². The summed E-state index contributed by atoms with van der Waals surface area (Å²) in [5.74, 6) is -0.974. The minimum atomic E-state index is -4.78. The van der Waals surface area contributed by atoms with Crippen molar-refractivity contribution in [2.45, 2.75) is 19.1 Å². The molecule has 1 atom stereocenters. The number of aromatic nitrogens is 7. The Kier molecular flexibility index (Phi) is 5.38. The SMILES string of the molecule is CC(NC(=O)c1cc(C(F)(F)F)nn1-c1ccc(F)cc1)c1ncnn1-c1ncccn1. The van der Waals surface area contributed by atoms with Gasteiger partial charge in [-0.1, -0.05) is 0 Å². The molecule has 0 spiro atoms. The predicted octanol–water partition coefficient (Wildman–Crippen LogP) is 2.89. The van der Waals surface area contributed by atoms with Gasteiger partial charge in [0.1, 0.15) is 17.8 Å². The van der Waals surface area contributed by atoms with Gasteiger partial charge in [0.15, 0.2) is 11.5 Å². The second kappa shape index (κ2) is 8.17. The highest BCUT2D eigenvalue weighted by Gasteiger charge is 2.36. The van der Waals surface area contributed by atoms with Crippen LogP contribution in [-0.2, 0) is 6.18 Å². The lowest BCUT2D eigenvalue weighted by atomic mass is 10.2. The van der Waals surface area contributed by atoms with E-state index in [0.717, 1.165) is 16.8 Å². The van der Waals surface area contributed by atoms with Crippen LogP contribution in [0.4, 0.5) is 17.6 Å². The van der Waals surface area contributed by atoms with Crippen molar-refractivity contribution in [3.8, 4) is 11.6 Å². The van der Waals surface area contributed by atoms with Crippen LogP contribution in [0.15, 0.2) is 55.1 Å². The zero-order valence-corrected chi connectivity index (χ0v) is 16.3. The van der Waals surface area contributed by atoms with Gasteiger partial charge in [-0.05, 0) is 37.3 Å². The van der Waals surface area contributed by atoms with E-state index >= 15 is 0 Å². The molecular formula is C19H14F4N8O. The Morgan fingerprint density at radius 2 is 1.75 bits per heavy atom. The zero-order chi connectivity index (χ0) is 22.9. The molecule has 1 aromatic carbocycles. The number of nitrogens with one attached hydrogen (secondary N) is 1. The fraction of sp³-hybridized carbons (Fsp3) is 0.158. The number of rotatable bonds is 5. The van der Waals surface area contributed by atoms with E-state index in [1.807, 2.05) is 0 Å². The molecule has 164 valence electrons. The molecule has 1 unspecified atom stereocenters. The van der Waals surface area contributed by atoms with Crippen LogP contribution < -0.4 is 5.32 Å². The summed E-state index contributed by atoms with van der Waals surface area (Å²) in [7, 11) is 0. The lowest BCUT2D eigenvalue weighted by molar-refractivity contribution is -0.141. The summed E-state index contributed by atoms with van der Waals surface area (Å²) in [6.07, 6.45) is -0.552. The highest BCUT2D eigenvalue weighted by molar-refractivity contribution is 5.93. The molecule has 3 aromatic heterocycles. The Morgan fingerprint density at radius 3 is 2.41 bits per heavy atom. The Balaban J connectivity index is 1.66. The molecule has 0 bridgehead atoms. The van der Waals surface area contributed by atoms with Gasteiger partial charge in [0.05, 0.1) is 11.7 Å². The first-order valence-electron chi connectivity index (χ1n) is 9.15. The molecule has 4 aromatic rings. The number of alkyl halides is 3. The molecule has 13 heteroatoms.